The molecule has 0 bridgehead atoms. The molecule has 238 valence electrons. The lowest BCUT2D eigenvalue weighted by molar-refractivity contribution is -0.152. The number of nitrogens with one attached hydrogen (secondary N) is 1. The highest BCUT2D eigenvalue weighted by molar-refractivity contribution is 8.00. The van der Waals surface area contributed by atoms with E-state index in [2.05, 4.69) is 20.4 Å². The zero-order chi connectivity index (χ0) is 32.7. The summed E-state index contributed by atoms with van der Waals surface area (Å²) in [4.78, 5) is 62.2. The van der Waals surface area contributed by atoms with E-state index >= 15 is 0 Å². The Kier molecular flexibility index (Phi) is 11.1. The largest absolute Gasteiger partial charge is 0.462 e. The van der Waals surface area contributed by atoms with E-state index in [1.807, 2.05) is 33.8 Å². The van der Waals surface area contributed by atoms with Crippen LogP contribution in [0.25, 0.3) is 6.08 Å². The van der Waals surface area contributed by atoms with E-state index in [0.717, 1.165) is 22.6 Å². The van der Waals surface area contributed by atoms with Crippen molar-refractivity contribution in [2.45, 2.75) is 45.5 Å². The molecule has 4 heterocycles. The van der Waals surface area contributed by atoms with Gasteiger partial charge in [0, 0.05) is 23.0 Å². The van der Waals surface area contributed by atoms with E-state index in [1.54, 1.807) is 30.5 Å². The molecule has 2 aliphatic rings. The first-order valence-electron chi connectivity index (χ1n) is 14.1. The molecule has 15 heteroatoms. The fraction of sp³-hybridized carbons (Fsp3) is 0.367. The van der Waals surface area contributed by atoms with Gasteiger partial charge in [-0.2, -0.15) is 0 Å². The molecular formula is C30H34N6O7S2. The van der Waals surface area contributed by atoms with Crippen LogP contribution in [0.3, 0.4) is 0 Å². The summed E-state index contributed by atoms with van der Waals surface area (Å²) in [5, 5.41) is 16.1. The maximum Gasteiger partial charge on any atom is 0.355 e. The monoisotopic (exact) mass is 654 g/mol. The maximum absolute atomic E-state index is 13.6. The Bertz CT molecular complexity index is 1600. The van der Waals surface area contributed by atoms with Crippen molar-refractivity contribution in [1.82, 2.24) is 20.2 Å². The fourth-order valence-corrected chi connectivity index (χ4v) is 6.30. The van der Waals surface area contributed by atoms with Gasteiger partial charge in [-0.05, 0) is 36.5 Å². The van der Waals surface area contributed by atoms with Crippen molar-refractivity contribution in [3.05, 3.63) is 69.7 Å². The van der Waals surface area contributed by atoms with Gasteiger partial charge in [-0.25, -0.2) is 14.6 Å². The number of fused-ring (bicyclic) bond motifs is 1. The molecule has 0 saturated carbocycles. The van der Waals surface area contributed by atoms with Crippen molar-refractivity contribution in [3.8, 4) is 0 Å². The normalized spacial score (nSPS) is 18.6. The molecule has 2 amide bonds. The number of oxime groups is 1. The van der Waals surface area contributed by atoms with E-state index in [9.17, 15) is 24.4 Å². The topological polar surface area (TPSA) is 186 Å². The van der Waals surface area contributed by atoms with Gasteiger partial charge in [0.05, 0.1) is 12.2 Å². The smallest absolute Gasteiger partial charge is 0.355 e. The number of nitrogens with two attached hydrogens (primary N) is 1. The lowest BCUT2D eigenvalue weighted by Gasteiger charge is -2.49. The van der Waals surface area contributed by atoms with Gasteiger partial charge in [0.2, 0.25) is 0 Å². The number of thioether (sulfide) groups is 1. The molecule has 0 unspecified atom stereocenters. The van der Waals surface area contributed by atoms with Crippen LogP contribution in [0, 0.1) is 12.8 Å². The second kappa shape index (κ2) is 15.0. The molecule has 2 aromatic heterocycles. The molecule has 1 saturated heterocycles. The Balaban J connectivity index is 1.58. The average molecular weight is 655 g/mol. The number of pyridine rings is 1. The number of allylic oxidation sites excluding steroid dienone is 2. The first kappa shape index (κ1) is 33.4. The highest BCUT2D eigenvalue weighted by Gasteiger charge is 2.54. The number of rotatable bonds is 12. The van der Waals surface area contributed by atoms with Gasteiger partial charge in [0.15, 0.2) is 10.8 Å². The molecular weight excluding hydrogens is 620 g/mol. The van der Waals surface area contributed by atoms with Crippen molar-refractivity contribution in [1.29, 1.82) is 0 Å². The predicted molar refractivity (Wildman–Crippen MR) is 170 cm³/mol. The molecule has 2 atom stereocenters. The predicted octanol–water partition coefficient (Wildman–Crippen LogP) is 3.05. The van der Waals surface area contributed by atoms with Crippen LogP contribution in [0.4, 0.5) is 5.13 Å². The molecule has 2 aromatic rings. The number of aromatic nitrogens is 2. The Morgan fingerprint density at radius 1 is 1.29 bits per heavy atom. The van der Waals surface area contributed by atoms with Gasteiger partial charge in [-0.15, -0.1) is 23.1 Å². The van der Waals surface area contributed by atoms with Crippen LogP contribution < -0.4 is 11.1 Å². The number of aryl methyl sites for hydroxylation is 1. The van der Waals surface area contributed by atoms with E-state index in [4.69, 9.17) is 15.2 Å². The number of carbonyl (C=O) groups excluding carboxylic acids is 4. The summed E-state index contributed by atoms with van der Waals surface area (Å²) in [6.07, 6.45) is 7.35. The zero-order valence-electron chi connectivity index (χ0n) is 25.2. The van der Waals surface area contributed by atoms with Crippen LogP contribution in [0.5, 0.6) is 0 Å². The highest BCUT2D eigenvalue weighted by atomic mass is 32.2. The summed E-state index contributed by atoms with van der Waals surface area (Å²) in [6.45, 7) is 7.39. The van der Waals surface area contributed by atoms with Gasteiger partial charge in [-0.1, -0.05) is 50.2 Å². The Hall–Kier alpha value is -4.50. The molecule has 2 aliphatic heterocycles. The third-order valence-corrected chi connectivity index (χ3v) is 8.66. The molecule has 45 heavy (non-hydrogen) atoms. The number of hydrogen-bond acceptors (Lipinski definition) is 13. The minimum atomic E-state index is -1.02. The van der Waals surface area contributed by atoms with Gasteiger partial charge in [0.1, 0.15) is 29.4 Å². The number of carbonyl (C=O) groups is 4. The third kappa shape index (κ3) is 7.78. The van der Waals surface area contributed by atoms with Gasteiger partial charge in [0.25, 0.3) is 11.8 Å². The average Bonchev–Trinajstić information content (AvgIpc) is 3.45. The lowest BCUT2D eigenvalue weighted by atomic mass is 10.0. The quantitative estimate of drug-likeness (QED) is 0.0763. The molecule has 0 radical (unpaired) electrons. The van der Waals surface area contributed by atoms with Gasteiger partial charge >= 0.3 is 11.9 Å². The van der Waals surface area contributed by atoms with Crippen LogP contribution in [0.15, 0.2) is 57.9 Å². The number of nitrogen functional groups attached to an aromatic ring is 1. The second-order valence-electron chi connectivity index (χ2n) is 10.5. The standard InChI is InChI=1S/C30H34N6O7S2/c1-5-7-19(28(39)42-12-16(2)3)13-43-29(40)24-20(10-9-18-8-6-11-32-17(18)4)14-44-27-23(26(38)36(24)27)34-25(37)22(35-41)21-15-45-30(31)33-21/h6-11,15-16,23,27,41H,5,12-14H2,1-4H3,(H2,31,33)(H,34,37)/b10-9-,19-7+,35-22?/t23-,27+/m1/s1. The van der Waals surface area contributed by atoms with Crippen molar-refractivity contribution < 1.29 is 33.9 Å². The number of ether oxygens (including phenoxy) is 2. The lowest BCUT2D eigenvalue weighted by Crippen LogP contribution is -2.71. The van der Waals surface area contributed by atoms with E-state index in [-0.39, 0.29) is 41.2 Å². The van der Waals surface area contributed by atoms with Crippen LogP contribution in [0.2, 0.25) is 0 Å². The zero-order valence-corrected chi connectivity index (χ0v) is 26.8. The second-order valence-corrected chi connectivity index (χ2v) is 12.5. The minimum Gasteiger partial charge on any atom is -0.462 e. The van der Waals surface area contributed by atoms with Crippen LogP contribution in [-0.4, -0.2) is 79.9 Å². The summed E-state index contributed by atoms with van der Waals surface area (Å²) in [5.74, 6) is -2.35. The van der Waals surface area contributed by atoms with Gasteiger partial charge < -0.3 is 25.7 Å². The Labute approximate surface area is 268 Å². The summed E-state index contributed by atoms with van der Waals surface area (Å²) in [6, 6.07) is 2.64. The van der Waals surface area contributed by atoms with E-state index in [1.165, 1.54) is 22.0 Å². The fourth-order valence-electron chi connectivity index (χ4n) is 4.44. The van der Waals surface area contributed by atoms with E-state index < -0.39 is 40.9 Å². The molecule has 0 aliphatic carbocycles. The number of thiazole rings is 1. The Morgan fingerprint density at radius 3 is 2.71 bits per heavy atom. The summed E-state index contributed by atoms with van der Waals surface area (Å²) < 4.78 is 10.9. The van der Waals surface area contributed by atoms with Crippen LogP contribution in [-0.2, 0) is 28.7 Å². The SMILES string of the molecule is CC/C=C(\COC(=O)C1=C(/C=C\c2cccnc2C)CS[C@H]2[C@H](NC(=O)C(=NO)c3csc(N)n3)C(=O)N12)C(=O)OCC(C)C. The molecule has 0 aromatic carbocycles. The van der Waals surface area contributed by atoms with E-state index in [0.29, 0.717) is 17.7 Å². The summed E-state index contributed by atoms with van der Waals surface area (Å²) in [5.41, 5.74) is 7.60. The molecule has 4 rings (SSSR count). The summed E-state index contributed by atoms with van der Waals surface area (Å²) >= 11 is 2.40. The Morgan fingerprint density at radius 2 is 2.07 bits per heavy atom. The third-order valence-electron chi connectivity index (χ3n) is 6.69. The number of amides is 2. The van der Waals surface area contributed by atoms with Crippen molar-refractivity contribution >= 4 is 63.8 Å². The number of nitrogens with zero attached hydrogens (tertiary/aromatic N) is 4. The first-order chi connectivity index (χ1) is 21.5. The van der Waals surface area contributed by atoms with Crippen molar-refractivity contribution in [2.24, 2.45) is 11.1 Å². The highest BCUT2D eigenvalue weighted by Crippen LogP contribution is 2.41. The molecule has 1 fully saturated rings. The van der Waals surface area contributed by atoms with Crippen molar-refractivity contribution in [2.75, 3.05) is 24.7 Å². The molecule has 13 nitrogen and oxygen atoms in total. The summed E-state index contributed by atoms with van der Waals surface area (Å²) in [7, 11) is 0. The number of hydrogen-bond donors (Lipinski definition) is 3. The molecule has 0 spiro atoms. The number of anilines is 1. The first-order valence-corrected chi connectivity index (χ1v) is 16.0. The molecule has 4 N–H and O–H groups in total. The van der Waals surface area contributed by atoms with Crippen LogP contribution in [0.1, 0.15) is 44.1 Å². The van der Waals surface area contributed by atoms with Crippen LogP contribution >= 0.6 is 23.1 Å². The maximum atomic E-state index is 13.6. The number of β-lactam (4-membered cyclic amide) rings is 1. The minimum absolute atomic E-state index is 0.00163. The number of esters is 2. The van der Waals surface area contributed by atoms with Gasteiger partial charge in [-0.3, -0.25) is 19.5 Å². The van der Waals surface area contributed by atoms with Crippen molar-refractivity contribution in [3.63, 3.8) is 0 Å².